The van der Waals surface area contributed by atoms with Crippen molar-refractivity contribution in [3.05, 3.63) is 63.1 Å². The number of benzene rings is 2. The molecule has 2 aromatic carbocycles. The topological polar surface area (TPSA) is 47.6 Å². The van der Waals surface area contributed by atoms with E-state index in [-0.39, 0.29) is 12.7 Å². The van der Waals surface area contributed by atoms with Gasteiger partial charge in [-0.1, -0.05) is 34.1 Å². The van der Waals surface area contributed by atoms with Gasteiger partial charge in [0.1, 0.15) is 5.75 Å². The molecule has 2 aromatic rings. The molecule has 114 valence electrons. The van der Waals surface area contributed by atoms with Crippen LogP contribution in [0.4, 0.5) is 0 Å². The van der Waals surface area contributed by atoms with Crippen molar-refractivity contribution in [2.45, 2.75) is 20.1 Å². The van der Waals surface area contributed by atoms with Crippen molar-refractivity contribution >= 4 is 21.8 Å². The third kappa shape index (κ3) is 3.15. The Morgan fingerprint density at radius 2 is 2.14 bits per heavy atom. The van der Waals surface area contributed by atoms with Crippen molar-refractivity contribution in [3.63, 3.8) is 0 Å². The molecule has 5 heteroatoms. The zero-order valence-electron chi connectivity index (χ0n) is 12.2. The number of aryl methyl sites for hydroxylation is 1. The first-order chi connectivity index (χ1) is 10.6. The average Bonchev–Trinajstić information content (AvgIpc) is 2.52. The molecule has 0 saturated heterocycles. The van der Waals surface area contributed by atoms with Crippen molar-refractivity contribution in [3.8, 4) is 5.75 Å². The highest BCUT2D eigenvalue weighted by atomic mass is 79.9. The maximum absolute atomic E-state index is 12.3. The Morgan fingerprint density at radius 1 is 1.32 bits per heavy atom. The van der Waals surface area contributed by atoms with Crippen molar-refractivity contribution in [2.75, 3.05) is 6.79 Å². The summed E-state index contributed by atoms with van der Waals surface area (Å²) in [4.78, 5) is 12.3. The summed E-state index contributed by atoms with van der Waals surface area (Å²) >= 11 is 3.48. The van der Waals surface area contributed by atoms with Crippen molar-refractivity contribution in [1.29, 1.82) is 0 Å². The number of hydrogen-bond acceptors (Lipinski definition) is 3. The van der Waals surface area contributed by atoms with E-state index in [0.29, 0.717) is 18.7 Å². The number of amides is 1. The van der Waals surface area contributed by atoms with Crippen molar-refractivity contribution in [1.82, 2.24) is 5.32 Å². The highest BCUT2D eigenvalue weighted by molar-refractivity contribution is 9.10. The highest BCUT2D eigenvalue weighted by Crippen LogP contribution is 2.31. The van der Waals surface area contributed by atoms with Crippen molar-refractivity contribution in [2.24, 2.45) is 0 Å². The highest BCUT2D eigenvalue weighted by Gasteiger charge is 2.17. The predicted octanol–water partition coefficient (Wildman–Crippen LogP) is 3.55. The first-order valence-electron chi connectivity index (χ1n) is 7.01. The van der Waals surface area contributed by atoms with E-state index in [2.05, 4.69) is 21.2 Å². The van der Waals surface area contributed by atoms with E-state index in [1.807, 2.05) is 43.3 Å². The van der Waals surface area contributed by atoms with E-state index in [4.69, 9.17) is 9.47 Å². The van der Waals surface area contributed by atoms with E-state index in [1.165, 1.54) is 0 Å². The molecular weight excluding hydrogens is 346 g/mol. The number of hydrogen-bond donors (Lipinski definition) is 1. The molecule has 1 aliphatic rings. The largest absolute Gasteiger partial charge is 0.467 e. The summed E-state index contributed by atoms with van der Waals surface area (Å²) in [5.74, 6) is 0.721. The number of fused-ring (bicyclic) bond motifs is 1. The summed E-state index contributed by atoms with van der Waals surface area (Å²) in [6, 6.07) is 11.5. The maximum atomic E-state index is 12.3. The van der Waals surface area contributed by atoms with E-state index in [9.17, 15) is 4.79 Å². The molecule has 1 N–H and O–H groups in total. The van der Waals surface area contributed by atoms with Crippen molar-refractivity contribution < 1.29 is 14.3 Å². The summed E-state index contributed by atoms with van der Waals surface area (Å²) < 4.78 is 11.8. The summed E-state index contributed by atoms with van der Waals surface area (Å²) in [7, 11) is 0. The van der Waals surface area contributed by atoms with E-state index in [0.717, 1.165) is 26.9 Å². The standard InChI is InChI=1S/C17H16BrNO3/c1-11-4-2-3-5-15(11)17(20)19-8-12-6-14(18)7-13-9-21-10-22-16(12)13/h2-7H,8-10H2,1H3,(H,19,20). The number of nitrogens with one attached hydrogen (secondary N) is 1. The Bertz CT molecular complexity index is 715. The number of halogens is 1. The SMILES string of the molecule is Cc1ccccc1C(=O)NCc1cc(Br)cc2c1OCOC2. The van der Waals surface area contributed by atoms with Crippen LogP contribution in [0.5, 0.6) is 5.75 Å². The maximum Gasteiger partial charge on any atom is 0.251 e. The Hall–Kier alpha value is -1.85. The summed E-state index contributed by atoms with van der Waals surface area (Å²) in [6.07, 6.45) is 0. The fourth-order valence-electron chi connectivity index (χ4n) is 2.49. The number of carbonyl (C=O) groups excluding carboxylic acids is 1. The van der Waals surface area contributed by atoms with Gasteiger partial charge in [-0.25, -0.2) is 0 Å². The smallest absolute Gasteiger partial charge is 0.251 e. The molecule has 0 saturated carbocycles. The van der Waals surface area contributed by atoms with Gasteiger partial charge in [0.05, 0.1) is 6.61 Å². The van der Waals surface area contributed by atoms with Gasteiger partial charge >= 0.3 is 0 Å². The first-order valence-corrected chi connectivity index (χ1v) is 7.80. The zero-order valence-corrected chi connectivity index (χ0v) is 13.8. The van der Waals surface area contributed by atoms with Gasteiger partial charge in [-0.3, -0.25) is 4.79 Å². The van der Waals surface area contributed by atoms with E-state index in [1.54, 1.807) is 0 Å². The van der Waals surface area contributed by atoms with Crippen LogP contribution >= 0.6 is 15.9 Å². The van der Waals surface area contributed by atoms with Gasteiger partial charge in [0, 0.05) is 27.7 Å². The lowest BCUT2D eigenvalue weighted by molar-refractivity contribution is -0.0171. The summed E-state index contributed by atoms with van der Waals surface area (Å²) in [5.41, 5.74) is 3.58. The monoisotopic (exact) mass is 361 g/mol. The van der Waals surface area contributed by atoms with Crippen LogP contribution in [0.25, 0.3) is 0 Å². The summed E-state index contributed by atoms with van der Waals surface area (Å²) in [6.45, 7) is 3.10. The summed E-state index contributed by atoms with van der Waals surface area (Å²) in [5, 5.41) is 2.95. The molecule has 0 radical (unpaired) electrons. The fourth-order valence-corrected chi connectivity index (χ4v) is 3.04. The number of ether oxygens (including phenoxy) is 2. The minimum absolute atomic E-state index is 0.0844. The van der Waals surface area contributed by atoms with Gasteiger partial charge in [-0.05, 0) is 30.7 Å². The van der Waals surface area contributed by atoms with Gasteiger partial charge in [0.2, 0.25) is 0 Å². The average molecular weight is 362 g/mol. The fraction of sp³-hybridized carbons (Fsp3) is 0.235. The molecule has 4 nitrogen and oxygen atoms in total. The lowest BCUT2D eigenvalue weighted by Gasteiger charge is -2.21. The van der Waals surface area contributed by atoms with E-state index >= 15 is 0 Å². The molecule has 0 aliphatic carbocycles. The third-order valence-corrected chi connectivity index (χ3v) is 4.04. The second-order valence-electron chi connectivity index (χ2n) is 5.16. The molecule has 0 unspecified atom stereocenters. The van der Waals surface area contributed by atoms with Gasteiger partial charge in [-0.15, -0.1) is 0 Å². The molecule has 0 atom stereocenters. The van der Waals surface area contributed by atoms with Crippen LogP contribution in [0, 0.1) is 6.92 Å². The van der Waals surface area contributed by atoms with Gasteiger partial charge < -0.3 is 14.8 Å². The molecule has 1 heterocycles. The molecule has 0 aromatic heterocycles. The molecule has 3 rings (SSSR count). The molecular formula is C17H16BrNO3. The minimum Gasteiger partial charge on any atom is -0.467 e. The van der Waals surface area contributed by atoms with Crippen LogP contribution in [0.2, 0.25) is 0 Å². The van der Waals surface area contributed by atoms with Crippen LogP contribution < -0.4 is 10.1 Å². The second-order valence-corrected chi connectivity index (χ2v) is 6.08. The molecule has 22 heavy (non-hydrogen) atoms. The Kier molecular flexibility index (Phi) is 4.45. The lowest BCUT2D eigenvalue weighted by Crippen LogP contribution is -2.24. The molecule has 0 bridgehead atoms. The van der Waals surface area contributed by atoms with Gasteiger partial charge in [0.25, 0.3) is 5.91 Å². The molecule has 1 aliphatic heterocycles. The van der Waals surface area contributed by atoms with Crippen LogP contribution in [-0.2, 0) is 17.9 Å². The minimum atomic E-state index is -0.0844. The van der Waals surface area contributed by atoms with Crippen LogP contribution in [0.1, 0.15) is 27.0 Å². The second kappa shape index (κ2) is 6.50. The lowest BCUT2D eigenvalue weighted by atomic mass is 10.1. The molecule has 1 amide bonds. The quantitative estimate of drug-likeness (QED) is 0.909. The normalized spacial score (nSPS) is 13.2. The van der Waals surface area contributed by atoms with Crippen LogP contribution in [-0.4, -0.2) is 12.7 Å². The Morgan fingerprint density at radius 3 is 2.95 bits per heavy atom. The van der Waals surface area contributed by atoms with Gasteiger partial charge in [-0.2, -0.15) is 0 Å². The number of rotatable bonds is 3. The Labute approximate surface area is 137 Å². The van der Waals surface area contributed by atoms with Crippen LogP contribution in [0.3, 0.4) is 0 Å². The van der Waals surface area contributed by atoms with Gasteiger partial charge in [0.15, 0.2) is 6.79 Å². The Balaban J connectivity index is 1.78. The number of carbonyl (C=O) groups is 1. The predicted molar refractivity (Wildman–Crippen MR) is 86.8 cm³/mol. The molecule has 0 fully saturated rings. The third-order valence-electron chi connectivity index (χ3n) is 3.58. The van der Waals surface area contributed by atoms with Crippen LogP contribution in [0.15, 0.2) is 40.9 Å². The first kappa shape index (κ1) is 15.1. The van der Waals surface area contributed by atoms with E-state index < -0.39 is 0 Å². The molecule has 0 spiro atoms. The zero-order chi connectivity index (χ0) is 15.5.